The van der Waals surface area contributed by atoms with Gasteiger partial charge in [-0.25, -0.2) is 4.79 Å². The van der Waals surface area contributed by atoms with Gasteiger partial charge in [0.25, 0.3) is 0 Å². The third-order valence-electron chi connectivity index (χ3n) is 7.08. The first-order valence-electron chi connectivity index (χ1n) is 13.2. The van der Waals surface area contributed by atoms with E-state index in [-0.39, 0.29) is 17.4 Å². The summed E-state index contributed by atoms with van der Waals surface area (Å²) < 4.78 is 16.8. The molecule has 0 aromatic heterocycles. The number of hydrogen-bond donors (Lipinski definition) is 2. The summed E-state index contributed by atoms with van der Waals surface area (Å²) in [4.78, 5) is 49.8. The number of esters is 3. The van der Waals surface area contributed by atoms with Crippen molar-refractivity contribution in [2.75, 3.05) is 0 Å². The van der Waals surface area contributed by atoms with Crippen molar-refractivity contribution in [3.8, 4) is 11.5 Å². The van der Waals surface area contributed by atoms with Gasteiger partial charge < -0.3 is 25.1 Å². The normalized spacial score (nSPS) is 15.7. The molecule has 0 radical (unpaired) electrons. The predicted octanol–water partition coefficient (Wildman–Crippen LogP) is 4.97. The Balaban J connectivity index is 2.48. The van der Waals surface area contributed by atoms with Crippen molar-refractivity contribution in [1.29, 1.82) is 0 Å². The number of carbonyl (C=O) groups is 4. The van der Waals surface area contributed by atoms with E-state index in [4.69, 9.17) is 19.9 Å². The minimum absolute atomic E-state index is 0.0156. The molecular weight excluding hydrogens is 502 g/mol. The second kappa shape index (κ2) is 14.4. The molecule has 9 heteroatoms. The average Bonchev–Trinajstić information content (AvgIpc) is 2.93. The van der Waals surface area contributed by atoms with Gasteiger partial charge in [-0.1, -0.05) is 58.9 Å². The van der Waals surface area contributed by atoms with E-state index >= 15 is 0 Å². The minimum Gasteiger partial charge on any atom is -0.480 e. The van der Waals surface area contributed by atoms with Crippen LogP contribution in [-0.4, -0.2) is 41.1 Å². The van der Waals surface area contributed by atoms with Gasteiger partial charge in [-0.15, -0.1) is 0 Å². The fraction of sp³-hybridized carbons (Fsp3) is 0.467. The van der Waals surface area contributed by atoms with E-state index in [1.165, 1.54) is 12.1 Å². The number of carboxylic acids is 1. The van der Waals surface area contributed by atoms with Gasteiger partial charge in [-0.05, 0) is 49.6 Å². The molecule has 0 saturated carbocycles. The standard InChI is InChI=1S/C30H39NO8/c1-7-17(3)28(34)38-23-15-14-22(16-24(23)39-29(35)18(4)8-2)25(26(31)27(32)33)19(5)20(6)37-30(36)21-12-10-9-11-13-21/h9-20,25-26H,7-8,31H2,1-6H3,(H,32,33)/t17?,18?,19?,20?,25?,26-/m0/s1. The summed E-state index contributed by atoms with van der Waals surface area (Å²) in [5, 5.41) is 9.80. The number of ether oxygens (including phenoxy) is 3. The summed E-state index contributed by atoms with van der Waals surface area (Å²) in [7, 11) is 0. The molecule has 0 aliphatic heterocycles. The number of carbonyl (C=O) groups excluding carboxylic acids is 3. The van der Waals surface area contributed by atoms with E-state index in [0.717, 1.165) is 0 Å². The van der Waals surface area contributed by atoms with Gasteiger partial charge >= 0.3 is 23.9 Å². The molecule has 39 heavy (non-hydrogen) atoms. The van der Waals surface area contributed by atoms with E-state index in [0.29, 0.717) is 24.0 Å². The summed E-state index contributed by atoms with van der Waals surface area (Å²) in [5.74, 6) is -4.98. The molecule has 3 N–H and O–H groups in total. The van der Waals surface area contributed by atoms with Crippen LogP contribution in [0.1, 0.15) is 76.2 Å². The Kier molecular flexibility index (Phi) is 11.7. The maximum atomic E-state index is 12.7. The SMILES string of the molecule is CCC(C)C(=O)Oc1ccc(C(C(C)C(C)OC(=O)c2ccccc2)[C@H](N)C(=O)O)cc1OC(=O)C(C)CC. The smallest absolute Gasteiger partial charge is 0.338 e. The van der Waals surface area contributed by atoms with Crippen molar-refractivity contribution in [2.45, 2.75) is 72.4 Å². The van der Waals surface area contributed by atoms with Crippen LogP contribution in [0.4, 0.5) is 0 Å². The minimum atomic E-state index is -1.37. The molecule has 0 saturated heterocycles. The topological polar surface area (TPSA) is 142 Å². The molecule has 212 valence electrons. The Morgan fingerprint density at radius 1 is 0.821 bits per heavy atom. The van der Waals surface area contributed by atoms with Gasteiger partial charge in [0.05, 0.1) is 17.4 Å². The maximum absolute atomic E-state index is 12.7. The molecule has 0 bridgehead atoms. The summed E-state index contributed by atoms with van der Waals surface area (Å²) in [6.45, 7) is 10.5. The molecule has 0 aliphatic carbocycles. The lowest BCUT2D eigenvalue weighted by Gasteiger charge is -2.32. The van der Waals surface area contributed by atoms with Crippen LogP contribution in [0, 0.1) is 17.8 Å². The van der Waals surface area contributed by atoms with Gasteiger partial charge in [0.2, 0.25) is 0 Å². The first-order valence-corrected chi connectivity index (χ1v) is 13.2. The molecule has 6 atom stereocenters. The van der Waals surface area contributed by atoms with Gasteiger partial charge in [0.1, 0.15) is 12.1 Å². The second-order valence-corrected chi connectivity index (χ2v) is 9.89. The number of aliphatic carboxylic acids is 1. The molecule has 0 aliphatic rings. The molecule has 0 amide bonds. The highest BCUT2D eigenvalue weighted by Gasteiger charge is 2.36. The highest BCUT2D eigenvalue weighted by atomic mass is 16.6. The highest BCUT2D eigenvalue weighted by Crippen LogP contribution is 2.38. The molecule has 2 aromatic rings. The Morgan fingerprint density at radius 2 is 1.36 bits per heavy atom. The van der Waals surface area contributed by atoms with Crippen LogP contribution >= 0.6 is 0 Å². The monoisotopic (exact) mass is 541 g/mol. The summed E-state index contributed by atoms with van der Waals surface area (Å²) >= 11 is 0. The van der Waals surface area contributed by atoms with E-state index in [9.17, 15) is 24.3 Å². The molecule has 2 aromatic carbocycles. The maximum Gasteiger partial charge on any atom is 0.338 e. The Morgan fingerprint density at radius 3 is 1.87 bits per heavy atom. The van der Waals surface area contributed by atoms with Crippen molar-refractivity contribution >= 4 is 23.9 Å². The predicted molar refractivity (Wildman–Crippen MR) is 145 cm³/mol. The van der Waals surface area contributed by atoms with E-state index < -0.39 is 53.8 Å². The molecule has 5 unspecified atom stereocenters. The number of hydrogen-bond acceptors (Lipinski definition) is 8. The number of rotatable bonds is 13. The number of carboxylic acid groups (broad SMARTS) is 1. The zero-order valence-electron chi connectivity index (χ0n) is 23.4. The molecular formula is C30H39NO8. The Labute approximate surface area is 229 Å². The Bertz CT molecular complexity index is 1150. The second-order valence-electron chi connectivity index (χ2n) is 9.89. The van der Waals surface area contributed by atoms with Crippen LogP contribution < -0.4 is 15.2 Å². The van der Waals surface area contributed by atoms with Crippen molar-refractivity contribution in [3.63, 3.8) is 0 Å². The average molecular weight is 542 g/mol. The molecule has 0 fully saturated rings. The van der Waals surface area contributed by atoms with E-state index in [1.807, 2.05) is 13.8 Å². The van der Waals surface area contributed by atoms with Crippen LogP contribution in [0.2, 0.25) is 0 Å². The fourth-order valence-electron chi connectivity index (χ4n) is 3.85. The summed E-state index contributed by atoms with van der Waals surface area (Å²) in [5.41, 5.74) is 6.93. The van der Waals surface area contributed by atoms with Gasteiger partial charge in [-0.2, -0.15) is 0 Å². The quantitative estimate of drug-likeness (QED) is 0.265. The number of benzene rings is 2. The summed E-state index contributed by atoms with van der Waals surface area (Å²) in [6.07, 6.45) is 0.377. The lowest BCUT2D eigenvalue weighted by atomic mass is 9.79. The van der Waals surface area contributed by atoms with Crippen LogP contribution in [-0.2, 0) is 19.1 Å². The molecule has 0 heterocycles. The molecule has 0 spiro atoms. The van der Waals surface area contributed by atoms with Crippen molar-refractivity contribution in [1.82, 2.24) is 0 Å². The molecule has 9 nitrogen and oxygen atoms in total. The van der Waals surface area contributed by atoms with Crippen molar-refractivity contribution < 1.29 is 38.5 Å². The van der Waals surface area contributed by atoms with E-state index in [2.05, 4.69) is 0 Å². The van der Waals surface area contributed by atoms with Gasteiger partial charge in [0.15, 0.2) is 11.5 Å². The van der Waals surface area contributed by atoms with Crippen LogP contribution in [0.5, 0.6) is 11.5 Å². The molecule has 2 rings (SSSR count). The lowest BCUT2D eigenvalue weighted by Crippen LogP contribution is -2.42. The van der Waals surface area contributed by atoms with Gasteiger partial charge in [0, 0.05) is 11.8 Å². The Hall–Kier alpha value is -3.72. The fourth-order valence-corrected chi connectivity index (χ4v) is 3.85. The van der Waals surface area contributed by atoms with E-state index in [1.54, 1.807) is 64.1 Å². The largest absolute Gasteiger partial charge is 0.480 e. The number of nitrogens with two attached hydrogens (primary N) is 1. The first kappa shape index (κ1) is 31.5. The zero-order chi connectivity index (χ0) is 29.3. The third-order valence-corrected chi connectivity index (χ3v) is 7.08. The van der Waals surface area contributed by atoms with Gasteiger partial charge in [-0.3, -0.25) is 14.4 Å². The van der Waals surface area contributed by atoms with Crippen molar-refractivity contribution in [2.24, 2.45) is 23.5 Å². The first-order chi connectivity index (χ1) is 18.4. The van der Waals surface area contributed by atoms with Crippen LogP contribution in [0.25, 0.3) is 0 Å². The van der Waals surface area contributed by atoms with Crippen LogP contribution in [0.15, 0.2) is 48.5 Å². The summed E-state index contributed by atoms with van der Waals surface area (Å²) in [6, 6.07) is 11.6. The zero-order valence-corrected chi connectivity index (χ0v) is 23.4. The highest BCUT2D eigenvalue weighted by molar-refractivity contribution is 5.89. The third kappa shape index (κ3) is 8.38. The van der Waals surface area contributed by atoms with Crippen molar-refractivity contribution in [3.05, 3.63) is 59.7 Å². The lowest BCUT2D eigenvalue weighted by molar-refractivity contribution is -0.141. The van der Waals surface area contributed by atoms with Crippen LogP contribution in [0.3, 0.4) is 0 Å².